The minimum Gasteiger partial charge on any atom is -0.343 e. The predicted octanol–water partition coefficient (Wildman–Crippen LogP) is 4.33. The molecule has 2 rings (SSSR count). The van der Waals surface area contributed by atoms with Crippen LogP contribution in [0.4, 0.5) is 0 Å². The largest absolute Gasteiger partial charge is 0.343 e. The van der Waals surface area contributed by atoms with E-state index in [9.17, 15) is 0 Å². The lowest BCUT2D eigenvalue weighted by Crippen LogP contribution is -1.99. The normalized spacial score (nSPS) is 10.5. The molecule has 0 fully saturated rings. The summed E-state index contributed by atoms with van der Waals surface area (Å²) >= 11 is 11.5. The summed E-state index contributed by atoms with van der Waals surface area (Å²) in [5.41, 5.74) is 2.90. The van der Waals surface area contributed by atoms with Crippen LogP contribution in [-0.4, -0.2) is 9.97 Å². The molecule has 0 spiro atoms. The molecule has 0 aliphatic carbocycles. The first kappa shape index (κ1) is 12.3. The fourth-order valence-electron chi connectivity index (χ4n) is 1.68. The second-order valence-electron chi connectivity index (χ2n) is 3.82. The number of rotatable bonds is 2. The molecule has 0 amide bonds. The van der Waals surface area contributed by atoms with Crippen LogP contribution in [0.25, 0.3) is 11.3 Å². The summed E-state index contributed by atoms with van der Waals surface area (Å²) in [6, 6.07) is 7.73. The average molecular weight is 265 g/mol. The van der Waals surface area contributed by atoms with Crippen molar-refractivity contribution in [2.45, 2.75) is 20.3 Å². The number of halogens is 1. The zero-order valence-electron chi connectivity index (χ0n) is 9.75. The number of nitrogens with one attached hydrogen (secondary N) is 1. The highest BCUT2D eigenvalue weighted by Gasteiger charge is 2.09. The first-order valence-corrected chi connectivity index (χ1v) is 6.26. The van der Waals surface area contributed by atoms with E-state index in [-0.39, 0.29) is 0 Å². The molecule has 0 aliphatic heterocycles. The Balaban J connectivity index is 2.71. The van der Waals surface area contributed by atoms with Crippen LogP contribution in [0.3, 0.4) is 0 Å². The third-order valence-electron chi connectivity index (χ3n) is 2.68. The molecule has 88 valence electrons. The molecule has 17 heavy (non-hydrogen) atoms. The average Bonchev–Trinajstić information content (AvgIpc) is 2.33. The lowest BCUT2D eigenvalue weighted by Gasteiger charge is -2.10. The maximum absolute atomic E-state index is 6.20. The summed E-state index contributed by atoms with van der Waals surface area (Å²) < 4.78 is 0.635. The van der Waals surface area contributed by atoms with Gasteiger partial charge in [0.15, 0.2) is 0 Å². The van der Waals surface area contributed by atoms with Crippen LogP contribution in [0.2, 0.25) is 5.02 Å². The summed E-state index contributed by atoms with van der Waals surface area (Å²) in [5, 5.41) is 0.717. The number of benzene rings is 1. The number of hydrogen-bond acceptors (Lipinski definition) is 2. The summed E-state index contributed by atoms with van der Waals surface area (Å²) in [4.78, 5) is 7.62. The van der Waals surface area contributed by atoms with Gasteiger partial charge >= 0.3 is 0 Å². The fourth-order valence-corrected chi connectivity index (χ4v) is 2.12. The minimum absolute atomic E-state index is 0.635. The molecule has 2 aromatic rings. The molecular weight excluding hydrogens is 252 g/mol. The van der Waals surface area contributed by atoms with E-state index in [0.29, 0.717) is 4.64 Å². The van der Waals surface area contributed by atoms with Crippen molar-refractivity contribution >= 4 is 23.8 Å². The van der Waals surface area contributed by atoms with E-state index in [1.165, 1.54) is 0 Å². The summed E-state index contributed by atoms with van der Waals surface area (Å²) in [5.74, 6) is 0.885. The number of aromatic nitrogens is 2. The van der Waals surface area contributed by atoms with Crippen molar-refractivity contribution in [2.24, 2.45) is 0 Å². The van der Waals surface area contributed by atoms with Gasteiger partial charge in [-0.15, -0.1) is 0 Å². The number of H-pyrrole nitrogens is 1. The van der Waals surface area contributed by atoms with Crippen molar-refractivity contribution < 1.29 is 0 Å². The molecule has 0 saturated carbocycles. The Morgan fingerprint density at radius 2 is 2.06 bits per heavy atom. The SMILES string of the molecule is CCc1nc(=S)c(C)c(-c2ccccc2Cl)[nH]1. The summed E-state index contributed by atoms with van der Waals surface area (Å²) in [7, 11) is 0. The highest BCUT2D eigenvalue weighted by atomic mass is 35.5. The van der Waals surface area contributed by atoms with Crippen LogP contribution in [0.5, 0.6) is 0 Å². The van der Waals surface area contributed by atoms with Crippen LogP contribution in [0, 0.1) is 11.6 Å². The Bertz CT molecular complexity index is 605. The predicted molar refractivity (Wildman–Crippen MR) is 74.0 cm³/mol. The van der Waals surface area contributed by atoms with Gasteiger partial charge in [0, 0.05) is 22.6 Å². The first-order valence-electron chi connectivity index (χ1n) is 5.48. The van der Waals surface area contributed by atoms with E-state index >= 15 is 0 Å². The van der Waals surface area contributed by atoms with Crippen molar-refractivity contribution in [1.82, 2.24) is 9.97 Å². The standard InChI is InChI=1S/C13H13ClN2S/c1-3-11-15-12(8(2)13(17)16-11)9-6-4-5-7-10(9)14/h4-7H,3H2,1-2H3,(H,15,16,17). The number of aryl methyl sites for hydroxylation is 1. The molecular formula is C13H13ClN2S. The minimum atomic E-state index is 0.635. The lowest BCUT2D eigenvalue weighted by molar-refractivity contribution is 0.926. The number of nitrogens with zero attached hydrogens (tertiary/aromatic N) is 1. The van der Waals surface area contributed by atoms with Gasteiger partial charge in [-0.25, -0.2) is 4.98 Å². The van der Waals surface area contributed by atoms with E-state index in [1.807, 2.05) is 38.1 Å². The van der Waals surface area contributed by atoms with Crippen LogP contribution < -0.4 is 0 Å². The molecule has 0 unspecified atom stereocenters. The Morgan fingerprint density at radius 1 is 1.35 bits per heavy atom. The number of aromatic amines is 1. The van der Waals surface area contributed by atoms with Gasteiger partial charge in [-0.2, -0.15) is 0 Å². The third kappa shape index (κ3) is 2.40. The molecule has 4 heteroatoms. The summed E-state index contributed by atoms with van der Waals surface area (Å²) in [6.07, 6.45) is 0.821. The second kappa shape index (κ2) is 4.98. The van der Waals surface area contributed by atoms with Crippen molar-refractivity contribution in [2.75, 3.05) is 0 Å². The van der Waals surface area contributed by atoms with Gasteiger partial charge in [0.2, 0.25) is 0 Å². The van der Waals surface area contributed by atoms with Gasteiger partial charge in [0.1, 0.15) is 10.5 Å². The van der Waals surface area contributed by atoms with Gasteiger partial charge in [-0.05, 0) is 13.0 Å². The van der Waals surface area contributed by atoms with Crippen LogP contribution in [0.1, 0.15) is 18.3 Å². The highest BCUT2D eigenvalue weighted by molar-refractivity contribution is 7.71. The topological polar surface area (TPSA) is 28.7 Å². The molecule has 0 radical (unpaired) electrons. The summed E-state index contributed by atoms with van der Waals surface area (Å²) in [6.45, 7) is 4.00. The Hall–Kier alpha value is -1.19. The zero-order chi connectivity index (χ0) is 12.4. The monoisotopic (exact) mass is 264 g/mol. The molecule has 0 aliphatic rings. The molecule has 0 bridgehead atoms. The Labute approximate surface area is 111 Å². The fraction of sp³-hybridized carbons (Fsp3) is 0.231. The maximum Gasteiger partial charge on any atom is 0.133 e. The van der Waals surface area contributed by atoms with E-state index in [2.05, 4.69) is 9.97 Å². The van der Waals surface area contributed by atoms with Crippen molar-refractivity contribution in [3.05, 3.63) is 45.3 Å². The van der Waals surface area contributed by atoms with Gasteiger partial charge in [-0.3, -0.25) is 0 Å². The first-order chi connectivity index (χ1) is 8.13. The van der Waals surface area contributed by atoms with Crippen molar-refractivity contribution in [3.63, 3.8) is 0 Å². The van der Waals surface area contributed by atoms with Gasteiger partial charge in [0.05, 0.1) is 5.69 Å². The van der Waals surface area contributed by atoms with E-state index < -0.39 is 0 Å². The second-order valence-corrected chi connectivity index (χ2v) is 4.62. The number of hydrogen-bond donors (Lipinski definition) is 1. The van der Waals surface area contributed by atoms with E-state index in [1.54, 1.807) is 0 Å². The van der Waals surface area contributed by atoms with Gasteiger partial charge in [-0.1, -0.05) is 48.9 Å². The van der Waals surface area contributed by atoms with Crippen molar-refractivity contribution in [3.8, 4) is 11.3 Å². The molecule has 1 N–H and O–H groups in total. The smallest absolute Gasteiger partial charge is 0.133 e. The van der Waals surface area contributed by atoms with Crippen LogP contribution in [0.15, 0.2) is 24.3 Å². The molecule has 1 heterocycles. The van der Waals surface area contributed by atoms with E-state index in [0.717, 1.165) is 34.1 Å². The van der Waals surface area contributed by atoms with E-state index in [4.69, 9.17) is 23.8 Å². The molecule has 1 aromatic heterocycles. The van der Waals surface area contributed by atoms with Gasteiger partial charge in [0.25, 0.3) is 0 Å². The Kier molecular flexibility index (Phi) is 3.60. The molecule has 1 aromatic carbocycles. The van der Waals surface area contributed by atoms with Crippen LogP contribution >= 0.6 is 23.8 Å². The van der Waals surface area contributed by atoms with Crippen LogP contribution in [-0.2, 0) is 6.42 Å². The van der Waals surface area contributed by atoms with Gasteiger partial charge < -0.3 is 4.98 Å². The third-order valence-corrected chi connectivity index (χ3v) is 3.41. The molecule has 2 nitrogen and oxygen atoms in total. The zero-order valence-corrected chi connectivity index (χ0v) is 11.3. The quantitative estimate of drug-likeness (QED) is 0.818. The Morgan fingerprint density at radius 3 is 2.71 bits per heavy atom. The van der Waals surface area contributed by atoms with Crippen molar-refractivity contribution in [1.29, 1.82) is 0 Å². The lowest BCUT2D eigenvalue weighted by atomic mass is 10.1. The molecule has 0 atom stereocenters. The maximum atomic E-state index is 6.20. The molecule has 0 saturated heterocycles. The highest BCUT2D eigenvalue weighted by Crippen LogP contribution is 2.28.